The summed E-state index contributed by atoms with van der Waals surface area (Å²) in [6.07, 6.45) is 1.68. The van der Waals surface area contributed by atoms with Crippen LogP contribution in [0.1, 0.15) is 17.5 Å². The first-order valence-electron chi connectivity index (χ1n) is 9.53. The first-order valence-corrected chi connectivity index (χ1v) is 10.3. The van der Waals surface area contributed by atoms with Gasteiger partial charge in [0.05, 0.1) is 6.54 Å². The molecule has 1 atom stereocenters. The predicted octanol–water partition coefficient (Wildman–Crippen LogP) is 3.05. The van der Waals surface area contributed by atoms with Gasteiger partial charge in [0.1, 0.15) is 18.4 Å². The minimum atomic E-state index is -0.463. The van der Waals surface area contributed by atoms with E-state index in [0.29, 0.717) is 31.7 Å². The highest BCUT2D eigenvalue weighted by Gasteiger charge is 2.31. The number of likely N-dealkylation sites (N-methyl/N-ethyl adjacent to an activating group) is 1. The minimum Gasteiger partial charge on any atom is -0.492 e. The summed E-state index contributed by atoms with van der Waals surface area (Å²) < 4.78 is 5.72. The highest BCUT2D eigenvalue weighted by atomic mass is 32.2. The molecule has 7 heteroatoms. The van der Waals surface area contributed by atoms with Gasteiger partial charge in [0.15, 0.2) is 0 Å². The van der Waals surface area contributed by atoms with Crippen molar-refractivity contribution in [2.45, 2.75) is 25.3 Å². The quantitative estimate of drug-likeness (QED) is 0.685. The maximum absolute atomic E-state index is 12.2. The van der Waals surface area contributed by atoms with Gasteiger partial charge in [-0.15, -0.1) is 0 Å². The van der Waals surface area contributed by atoms with E-state index in [2.05, 4.69) is 5.32 Å². The normalized spacial score (nSPS) is 15.8. The lowest BCUT2D eigenvalue weighted by Crippen LogP contribution is -2.31. The van der Waals surface area contributed by atoms with Crippen LogP contribution in [0.2, 0.25) is 0 Å². The van der Waals surface area contributed by atoms with E-state index in [9.17, 15) is 14.4 Å². The summed E-state index contributed by atoms with van der Waals surface area (Å²) in [4.78, 5) is 36.8. The Kier molecular flexibility index (Phi) is 7.30. The van der Waals surface area contributed by atoms with Crippen LogP contribution in [0.3, 0.4) is 0 Å². The Bertz CT molecular complexity index is 855. The molecule has 0 spiro atoms. The Hall–Kier alpha value is -2.80. The van der Waals surface area contributed by atoms with Gasteiger partial charge in [-0.3, -0.25) is 14.4 Å². The largest absolute Gasteiger partial charge is 0.492 e. The number of carbonyl (C=O) groups excluding carboxylic acids is 3. The molecular weight excluding hydrogens is 388 g/mol. The molecule has 0 saturated carbocycles. The number of hydrogen-bond acceptors (Lipinski definition) is 5. The molecule has 1 N–H and O–H groups in total. The molecule has 2 aromatic carbocycles. The molecule has 2 amide bonds. The molecule has 0 aromatic heterocycles. The van der Waals surface area contributed by atoms with Crippen LogP contribution in [0.15, 0.2) is 54.6 Å². The molecule has 1 fully saturated rings. The van der Waals surface area contributed by atoms with Crippen LogP contribution >= 0.6 is 11.8 Å². The summed E-state index contributed by atoms with van der Waals surface area (Å²) >= 11 is 0.723. The molecule has 3 rings (SSSR count). The van der Waals surface area contributed by atoms with Crippen LogP contribution in [0.25, 0.3) is 0 Å². The van der Waals surface area contributed by atoms with Crippen molar-refractivity contribution in [3.8, 4) is 5.75 Å². The minimum absolute atomic E-state index is 0.0916. The van der Waals surface area contributed by atoms with Gasteiger partial charge in [-0.05, 0) is 29.7 Å². The predicted molar refractivity (Wildman–Crippen MR) is 113 cm³/mol. The van der Waals surface area contributed by atoms with Crippen LogP contribution in [0.5, 0.6) is 5.75 Å². The number of carbonyl (C=O) groups is 3. The SMILES string of the molecule is CN(CCOc1ccc(CC2NC(=O)SC2=O)cc1)C(=O)CCc1ccccc1. The van der Waals surface area contributed by atoms with E-state index in [4.69, 9.17) is 4.74 Å². The molecule has 1 heterocycles. The van der Waals surface area contributed by atoms with Crippen molar-refractivity contribution < 1.29 is 19.1 Å². The Balaban J connectivity index is 1.38. The van der Waals surface area contributed by atoms with Gasteiger partial charge in [-0.1, -0.05) is 42.5 Å². The summed E-state index contributed by atoms with van der Waals surface area (Å²) in [6.45, 7) is 0.913. The van der Waals surface area contributed by atoms with E-state index in [1.807, 2.05) is 54.6 Å². The number of nitrogens with one attached hydrogen (secondary N) is 1. The monoisotopic (exact) mass is 412 g/mol. The number of thioether (sulfide) groups is 1. The summed E-state index contributed by atoms with van der Waals surface area (Å²) in [5.74, 6) is 0.795. The highest BCUT2D eigenvalue weighted by molar-refractivity contribution is 8.26. The second-order valence-electron chi connectivity index (χ2n) is 6.90. The number of amides is 2. The van der Waals surface area contributed by atoms with Gasteiger partial charge in [0, 0.05) is 31.7 Å². The van der Waals surface area contributed by atoms with E-state index >= 15 is 0 Å². The fraction of sp³-hybridized carbons (Fsp3) is 0.318. The van der Waals surface area contributed by atoms with Gasteiger partial charge in [0.25, 0.3) is 5.24 Å². The number of benzene rings is 2. The van der Waals surface area contributed by atoms with Crippen LogP contribution in [0.4, 0.5) is 4.79 Å². The Morgan fingerprint density at radius 3 is 2.45 bits per heavy atom. The van der Waals surface area contributed by atoms with E-state index < -0.39 is 6.04 Å². The number of ether oxygens (including phenoxy) is 1. The highest BCUT2D eigenvalue weighted by Crippen LogP contribution is 2.20. The maximum Gasteiger partial charge on any atom is 0.287 e. The second kappa shape index (κ2) is 10.1. The lowest BCUT2D eigenvalue weighted by Gasteiger charge is -2.17. The van der Waals surface area contributed by atoms with Gasteiger partial charge in [0.2, 0.25) is 11.0 Å². The molecule has 0 aliphatic carbocycles. The number of aryl methyl sites for hydroxylation is 1. The van der Waals surface area contributed by atoms with Crippen LogP contribution in [-0.4, -0.2) is 47.4 Å². The summed E-state index contributed by atoms with van der Waals surface area (Å²) in [6, 6.07) is 16.9. The zero-order valence-electron chi connectivity index (χ0n) is 16.3. The summed E-state index contributed by atoms with van der Waals surface area (Å²) in [5.41, 5.74) is 2.11. The molecule has 152 valence electrons. The molecule has 1 aliphatic rings. The van der Waals surface area contributed by atoms with Crippen molar-refractivity contribution in [1.29, 1.82) is 0 Å². The van der Waals surface area contributed by atoms with E-state index in [0.717, 1.165) is 29.3 Å². The van der Waals surface area contributed by atoms with Crippen molar-refractivity contribution in [3.05, 3.63) is 65.7 Å². The zero-order chi connectivity index (χ0) is 20.6. The van der Waals surface area contributed by atoms with Gasteiger partial charge in [-0.2, -0.15) is 0 Å². The number of rotatable bonds is 9. The number of nitrogens with zero attached hydrogens (tertiary/aromatic N) is 1. The average Bonchev–Trinajstić information content (AvgIpc) is 3.04. The van der Waals surface area contributed by atoms with Gasteiger partial charge in [-0.25, -0.2) is 0 Å². The number of hydrogen-bond donors (Lipinski definition) is 1. The van der Waals surface area contributed by atoms with Gasteiger partial charge >= 0.3 is 0 Å². The van der Waals surface area contributed by atoms with Crippen molar-refractivity contribution in [3.63, 3.8) is 0 Å². The molecule has 1 saturated heterocycles. The van der Waals surface area contributed by atoms with Crippen LogP contribution in [-0.2, 0) is 22.4 Å². The first-order chi connectivity index (χ1) is 14.0. The summed E-state index contributed by atoms with van der Waals surface area (Å²) in [5, 5.41) is 2.22. The zero-order valence-corrected chi connectivity index (χ0v) is 17.1. The third-order valence-corrected chi connectivity index (χ3v) is 5.51. The fourth-order valence-electron chi connectivity index (χ4n) is 3.00. The Labute approximate surface area is 174 Å². The third-order valence-electron chi connectivity index (χ3n) is 4.72. The van der Waals surface area contributed by atoms with E-state index in [-0.39, 0.29) is 16.3 Å². The Morgan fingerprint density at radius 1 is 1.07 bits per heavy atom. The van der Waals surface area contributed by atoms with Crippen molar-refractivity contribution in [2.24, 2.45) is 0 Å². The van der Waals surface area contributed by atoms with Crippen molar-refractivity contribution in [2.75, 3.05) is 20.2 Å². The molecule has 0 bridgehead atoms. The van der Waals surface area contributed by atoms with Crippen molar-refractivity contribution in [1.82, 2.24) is 10.2 Å². The average molecular weight is 413 g/mol. The molecule has 1 unspecified atom stereocenters. The molecule has 6 nitrogen and oxygen atoms in total. The standard InChI is InChI=1S/C22H24N2O4S/c1-24(20(25)12-9-16-5-3-2-4-6-16)13-14-28-18-10-7-17(8-11-18)15-19-21(26)29-22(27)23-19/h2-8,10-11,19H,9,12-15H2,1H3,(H,23,27). The third kappa shape index (κ3) is 6.35. The first kappa shape index (κ1) is 20.9. The molecule has 1 aliphatic heterocycles. The topological polar surface area (TPSA) is 75.7 Å². The van der Waals surface area contributed by atoms with E-state index in [1.54, 1.807) is 11.9 Å². The summed E-state index contributed by atoms with van der Waals surface area (Å²) in [7, 11) is 1.78. The molecule has 29 heavy (non-hydrogen) atoms. The van der Waals surface area contributed by atoms with Crippen LogP contribution < -0.4 is 10.1 Å². The maximum atomic E-state index is 12.2. The smallest absolute Gasteiger partial charge is 0.287 e. The van der Waals surface area contributed by atoms with Crippen molar-refractivity contribution >= 4 is 28.0 Å². The van der Waals surface area contributed by atoms with Crippen LogP contribution in [0, 0.1) is 0 Å². The molecular formula is C22H24N2O4S. The second-order valence-corrected chi connectivity index (χ2v) is 7.88. The molecule has 2 aromatic rings. The molecule has 0 radical (unpaired) electrons. The van der Waals surface area contributed by atoms with E-state index in [1.165, 1.54) is 0 Å². The fourth-order valence-corrected chi connectivity index (χ4v) is 3.67. The van der Waals surface area contributed by atoms with Gasteiger partial charge < -0.3 is 15.0 Å². The Morgan fingerprint density at radius 2 is 1.79 bits per heavy atom. The lowest BCUT2D eigenvalue weighted by molar-refractivity contribution is -0.130. The lowest BCUT2D eigenvalue weighted by atomic mass is 10.1.